The summed E-state index contributed by atoms with van der Waals surface area (Å²) in [6.45, 7) is 0. The zero-order valence-corrected chi connectivity index (χ0v) is 31.0. The molecule has 0 bridgehead atoms. The lowest BCUT2D eigenvalue weighted by Gasteiger charge is -2.20. The molecule has 0 aliphatic carbocycles. The van der Waals surface area contributed by atoms with Crippen LogP contribution in [0.5, 0.6) is 0 Å². The maximum Gasteiger partial charge on any atom is 0.126 e. The average Bonchev–Trinajstić information content (AvgIpc) is 3.97. The van der Waals surface area contributed by atoms with Crippen LogP contribution in [-0.4, -0.2) is 9.13 Å². The largest absolute Gasteiger partial charge is 0.306 e. The zero-order valence-electron chi connectivity index (χ0n) is 29.3. The quantitative estimate of drug-likeness (QED) is 0.177. The number of thiophene rings is 2. The van der Waals surface area contributed by atoms with Gasteiger partial charge in [-0.2, -0.15) is 5.26 Å². The van der Waals surface area contributed by atoms with Gasteiger partial charge in [0, 0.05) is 64.1 Å². The fourth-order valence-electron chi connectivity index (χ4n) is 9.00. The number of halogens is 2. The Labute approximate surface area is 325 Å². The van der Waals surface area contributed by atoms with Crippen molar-refractivity contribution in [2.24, 2.45) is 0 Å². The van der Waals surface area contributed by atoms with E-state index >= 15 is 8.78 Å². The summed E-state index contributed by atoms with van der Waals surface area (Å²) in [4.78, 5) is 0. The van der Waals surface area contributed by atoms with Crippen molar-refractivity contribution in [1.29, 1.82) is 5.26 Å². The van der Waals surface area contributed by atoms with E-state index < -0.39 is 11.6 Å². The monoisotopic (exact) mass is 757 g/mol. The number of hydrogen-bond acceptors (Lipinski definition) is 3. The van der Waals surface area contributed by atoms with Crippen molar-refractivity contribution < 1.29 is 8.78 Å². The molecular formula is C49H25F2N3S2. The Balaban J connectivity index is 1.30. The van der Waals surface area contributed by atoms with Crippen LogP contribution in [-0.2, 0) is 0 Å². The molecular weight excluding hydrogens is 733 g/mol. The standard InChI is InChI=1S/C49H25F2N3S2/c50-28-23-27(24-29(51)25-28)30-21-22-42(53-40-13-5-1-9-31(40)35-17-19-37-33-11-3-7-15-43(33)55-48(37)46(35)53)39(26-52)45(30)54-41-14-6-2-10-32(41)36-18-20-38-34-12-4-8-16-44(34)56-49(38)47(36)54/h1-25H. The fraction of sp³-hybridized carbons (Fsp3) is 0. The van der Waals surface area contributed by atoms with Gasteiger partial charge in [0.25, 0.3) is 0 Å². The van der Waals surface area contributed by atoms with Crippen molar-refractivity contribution in [1.82, 2.24) is 9.13 Å². The summed E-state index contributed by atoms with van der Waals surface area (Å²) in [5.41, 5.74) is 6.39. The second kappa shape index (κ2) is 11.6. The van der Waals surface area contributed by atoms with Gasteiger partial charge in [-0.15, -0.1) is 22.7 Å². The average molecular weight is 758 g/mol. The summed E-state index contributed by atoms with van der Waals surface area (Å²) >= 11 is 3.47. The van der Waals surface area contributed by atoms with Crippen LogP contribution in [0.15, 0.2) is 152 Å². The topological polar surface area (TPSA) is 33.6 Å². The minimum absolute atomic E-state index is 0.351. The summed E-state index contributed by atoms with van der Waals surface area (Å²) < 4.78 is 39.3. The van der Waals surface area contributed by atoms with Gasteiger partial charge < -0.3 is 9.13 Å². The van der Waals surface area contributed by atoms with Gasteiger partial charge in [-0.3, -0.25) is 0 Å². The smallest absolute Gasteiger partial charge is 0.126 e. The van der Waals surface area contributed by atoms with Crippen LogP contribution in [0.25, 0.3) is 106 Å². The third-order valence-electron chi connectivity index (χ3n) is 11.3. The second-order valence-electron chi connectivity index (χ2n) is 14.2. The molecule has 12 rings (SSSR count). The van der Waals surface area contributed by atoms with Crippen molar-refractivity contribution in [3.05, 3.63) is 169 Å². The van der Waals surface area contributed by atoms with Crippen LogP contribution in [0.3, 0.4) is 0 Å². The second-order valence-corrected chi connectivity index (χ2v) is 16.3. The first-order valence-electron chi connectivity index (χ1n) is 18.3. The van der Waals surface area contributed by atoms with Crippen molar-refractivity contribution >= 4 is 107 Å². The van der Waals surface area contributed by atoms with E-state index in [1.165, 1.54) is 22.2 Å². The molecule has 56 heavy (non-hydrogen) atoms. The van der Waals surface area contributed by atoms with Gasteiger partial charge in [-0.1, -0.05) is 103 Å². The highest BCUT2D eigenvalue weighted by molar-refractivity contribution is 7.27. The third-order valence-corrected chi connectivity index (χ3v) is 13.7. The van der Waals surface area contributed by atoms with Crippen LogP contribution < -0.4 is 0 Å². The number of benzene rings is 8. The maximum atomic E-state index is 15.2. The molecule has 0 aliphatic rings. The van der Waals surface area contributed by atoms with Gasteiger partial charge in [0.05, 0.1) is 42.8 Å². The van der Waals surface area contributed by atoms with Crippen LogP contribution in [0.1, 0.15) is 5.56 Å². The van der Waals surface area contributed by atoms with E-state index in [2.05, 4.69) is 112 Å². The first-order valence-corrected chi connectivity index (χ1v) is 19.9. The predicted octanol–water partition coefficient (Wildman–Crippen LogP) is 14.4. The highest BCUT2D eigenvalue weighted by Crippen LogP contribution is 2.48. The molecule has 0 atom stereocenters. The Hall–Kier alpha value is -6.85. The van der Waals surface area contributed by atoms with Gasteiger partial charge in [0.1, 0.15) is 23.3 Å². The highest BCUT2D eigenvalue weighted by atomic mass is 32.1. The van der Waals surface area contributed by atoms with Gasteiger partial charge in [-0.25, -0.2) is 8.78 Å². The molecule has 0 unspecified atom stereocenters. The first kappa shape index (κ1) is 31.5. The SMILES string of the molecule is N#Cc1c(-n2c3ccccc3c3ccc4c5ccccc5sc4c32)ccc(-c2cc(F)cc(F)c2)c1-n1c2ccccc2c2ccc3c4ccccc4sc3c21. The minimum Gasteiger partial charge on any atom is -0.306 e. The van der Waals surface area contributed by atoms with Crippen LogP contribution in [0.4, 0.5) is 8.78 Å². The Kier molecular flexibility index (Phi) is 6.51. The summed E-state index contributed by atoms with van der Waals surface area (Å²) in [7, 11) is 0. The molecule has 0 saturated carbocycles. The summed E-state index contributed by atoms with van der Waals surface area (Å²) in [6, 6.07) is 52.3. The molecule has 0 radical (unpaired) electrons. The number of nitriles is 1. The lowest BCUT2D eigenvalue weighted by Crippen LogP contribution is -2.06. The molecule has 4 heterocycles. The van der Waals surface area contributed by atoms with E-state index in [0.29, 0.717) is 28.1 Å². The number of hydrogen-bond donors (Lipinski definition) is 0. The molecule has 0 N–H and O–H groups in total. The molecule has 7 heteroatoms. The molecule has 0 amide bonds. The van der Waals surface area contributed by atoms with E-state index in [1.54, 1.807) is 22.7 Å². The minimum atomic E-state index is -0.683. The summed E-state index contributed by atoms with van der Waals surface area (Å²) in [5.74, 6) is -1.37. The Bertz CT molecular complexity index is 3690. The van der Waals surface area contributed by atoms with Gasteiger partial charge >= 0.3 is 0 Å². The number of nitrogens with zero attached hydrogens (tertiary/aromatic N) is 3. The maximum absolute atomic E-state index is 15.2. The van der Waals surface area contributed by atoms with Crippen molar-refractivity contribution in [3.63, 3.8) is 0 Å². The Morgan fingerprint density at radius 2 is 0.946 bits per heavy atom. The van der Waals surface area contributed by atoms with Crippen LogP contribution in [0, 0.1) is 23.0 Å². The van der Waals surface area contributed by atoms with Crippen molar-refractivity contribution in [2.75, 3.05) is 0 Å². The van der Waals surface area contributed by atoms with Gasteiger partial charge in [-0.05, 0) is 48.0 Å². The van der Waals surface area contributed by atoms with Crippen molar-refractivity contribution in [2.45, 2.75) is 0 Å². The van der Waals surface area contributed by atoms with Gasteiger partial charge in [0.15, 0.2) is 0 Å². The van der Waals surface area contributed by atoms with Crippen LogP contribution in [0.2, 0.25) is 0 Å². The first-order chi connectivity index (χ1) is 27.6. The molecule has 0 saturated heterocycles. The lowest BCUT2D eigenvalue weighted by molar-refractivity contribution is 0.584. The van der Waals surface area contributed by atoms with E-state index in [9.17, 15) is 5.26 Å². The predicted molar refractivity (Wildman–Crippen MR) is 231 cm³/mol. The van der Waals surface area contributed by atoms with Crippen LogP contribution >= 0.6 is 22.7 Å². The fourth-order valence-corrected chi connectivity index (χ4v) is 11.5. The number of rotatable bonds is 3. The molecule has 12 aromatic rings. The molecule has 0 spiro atoms. The molecule has 0 aliphatic heterocycles. The van der Waals surface area contributed by atoms with E-state index in [-0.39, 0.29) is 0 Å². The third kappa shape index (κ3) is 4.23. The molecule has 262 valence electrons. The zero-order chi connectivity index (χ0) is 37.2. The van der Waals surface area contributed by atoms with Gasteiger partial charge in [0.2, 0.25) is 0 Å². The summed E-state index contributed by atoms with van der Waals surface area (Å²) in [6.07, 6.45) is 0. The number of para-hydroxylation sites is 2. The molecule has 0 fully saturated rings. The normalized spacial score (nSPS) is 12.1. The van der Waals surface area contributed by atoms with E-state index in [4.69, 9.17) is 0 Å². The highest BCUT2D eigenvalue weighted by Gasteiger charge is 2.27. The lowest BCUT2D eigenvalue weighted by atomic mass is 9.97. The summed E-state index contributed by atoms with van der Waals surface area (Å²) in [5, 5.41) is 20.4. The number of fused-ring (bicyclic) bond motifs is 14. The molecule has 4 aromatic heterocycles. The van der Waals surface area contributed by atoms with E-state index in [0.717, 1.165) is 79.9 Å². The molecule has 3 nitrogen and oxygen atoms in total. The molecule has 8 aromatic carbocycles. The number of aromatic nitrogens is 2. The van der Waals surface area contributed by atoms with Crippen molar-refractivity contribution in [3.8, 4) is 28.6 Å². The Morgan fingerprint density at radius 1 is 0.464 bits per heavy atom. The van der Waals surface area contributed by atoms with E-state index in [1.807, 2.05) is 36.4 Å². The Morgan fingerprint density at radius 3 is 1.52 bits per heavy atom.